The lowest BCUT2D eigenvalue weighted by atomic mass is 10.1. The van der Waals surface area contributed by atoms with Crippen LogP contribution >= 0.6 is 0 Å². The van der Waals surface area contributed by atoms with E-state index in [0.717, 1.165) is 0 Å². The molecule has 0 radical (unpaired) electrons. The van der Waals surface area contributed by atoms with Crippen molar-refractivity contribution in [3.8, 4) is 17.6 Å². The zero-order valence-corrected chi connectivity index (χ0v) is 10.3. The lowest BCUT2D eigenvalue weighted by molar-refractivity contribution is -0.385. The minimum Gasteiger partial charge on any atom is -0.495 e. The van der Waals surface area contributed by atoms with Gasteiger partial charge in [0.25, 0.3) is 5.69 Å². The molecule has 2 rings (SSSR count). The summed E-state index contributed by atoms with van der Waals surface area (Å²) < 4.78 is 5.18. The molecule has 0 fully saturated rings. The van der Waals surface area contributed by atoms with E-state index in [1.165, 1.54) is 6.07 Å². The second kappa shape index (κ2) is 5.69. The van der Waals surface area contributed by atoms with E-state index in [0.29, 0.717) is 16.9 Å². The molecule has 0 aliphatic carbocycles. The second-order valence-corrected chi connectivity index (χ2v) is 3.72. The van der Waals surface area contributed by atoms with E-state index in [4.69, 9.17) is 4.74 Å². The van der Waals surface area contributed by atoms with Crippen LogP contribution in [-0.2, 0) is 0 Å². The Morgan fingerprint density at radius 1 is 1.00 bits per heavy atom. The number of ether oxygens (including phenoxy) is 1. The fourth-order valence-electron chi connectivity index (χ4n) is 1.62. The molecule has 0 amide bonds. The Morgan fingerprint density at radius 3 is 2.26 bits per heavy atom. The highest BCUT2D eigenvalue weighted by Crippen LogP contribution is 2.18. The predicted molar refractivity (Wildman–Crippen MR) is 72.1 cm³/mol. The van der Waals surface area contributed by atoms with Crippen LogP contribution < -0.4 is 4.74 Å². The molecule has 0 saturated carbocycles. The van der Waals surface area contributed by atoms with E-state index in [9.17, 15) is 10.1 Å². The summed E-state index contributed by atoms with van der Waals surface area (Å²) in [5, 5.41) is 10.9. The van der Waals surface area contributed by atoms with Crippen LogP contribution in [0.5, 0.6) is 5.75 Å². The Hall–Kier alpha value is -2.80. The first-order valence-electron chi connectivity index (χ1n) is 5.61. The average molecular weight is 253 g/mol. The summed E-state index contributed by atoms with van der Waals surface area (Å²) in [5.41, 5.74) is 1.09. The van der Waals surface area contributed by atoms with Crippen molar-refractivity contribution in [2.24, 2.45) is 0 Å². The number of hydrogen-bond acceptors (Lipinski definition) is 3. The van der Waals surface area contributed by atoms with E-state index >= 15 is 0 Å². The zero-order chi connectivity index (χ0) is 13.7. The van der Waals surface area contributed by atoms with Crippen molar-refractivity contribution in [2.75, 3.05) is 7.11 Å². The summed E-state index contributed by atoms with van der Waals surface area (Å²) in [7, 11) is 1.56. The first-order chi connectivity index (χ1) is 9.22. The molecule has 0 bridgehead atoms. The standard InChI is InChI=1S/C15H11NO3/c1-19-15-9-5-3-7-13(15)11-10-12-6-2-4-8-14(12)16(17)18/h2-9H,1H3. The number of nitro groups is 1. The van der Waals surface area contributed by atoms with Gasteiger partial charge in [-0.25, -0.2) is 0 Å². The van der Waals surface area contributed by atoms with Crippen LogP contribution in [0.4, 0.5) is 5.69 Å². The van der Waals surface area contributed by atoms with Gasteiger partial charge < -0.3 is 4.74 Å². The molecule has 2 aromatic carbocycles. The Balaban J connectivity index is 2.42. The molecule has 0 heterocycles. The highest BCUT2D eigenvalue weighted by atomic mass is 16.6. The molecule has 0 aliphatic rings. The molecule has 0 atom stereocenters. The number of nitrogens with zero attached hydrogens (tertiary/aromatic N) is 1. The van der Waals surface area contributed by atoms with Crippen molar-refractivity contribution in [2.45, 2.75) is 0 Å². The van der Waals surface area contributed by atoms with Crippen LogP contribution in [0.25, 0.3) is 0 Å². The van der Waals surface area contributed by atoms with Crippen LogP contribution in [0.2, 0.25) is 0 Å². The first kappa shape index (κ1) is 12.7. The van der Waals surface area contributed by atoms with Gasteiger partial charge in [0.05, 0.1) is 17.6 Å². The summed E-state index contributed by atoms with van der Waals surface area (Å²) in [6, 6.07) is 13.7. The maximum absolute atomic E-state index is 10.9. The Morgan fingerprint density at radius 2 is 1.58 bits per heavy atom. The maximum atomic E-state index is 10.9. The van der Waals surface area contributed by atoms with E-state index < -0.39 is 4.92 Å². The quantitative estimate of drug-likeness (QED) is 0.469. The van der Waals surface area contributed by atoms with Crippen LogP contribution in [-0.4, -0.2) is 12.0 Å². The van der Waals surface area contributed by atoms with E-state index in [-0.39, 0.29) is 5.69 Å². The first-order valence-corrected chi connectivity index (χ1v) is 5.61. The topological polar surface area (TPSA) is 52.4 Å². The van der Waals surface area contributed by atoms with Gasteiger partial charge in [-0.2, -0.15) is 0 Å². The van der Waals surface area contributed by atoms with Crippen molar-refractivity contribution in [3.05, 3.63) is 69.8 Å². The largest absolute Gasteiger partial charge is 0.495 e. The molecule has 4 nitrogen and oxygen atoms in total. The molecule has 0 N–H and O–H groups in total. The monoisotopic (exact) mass is 253 g/mol. The van der Waals surface area contributed by atoms with Gasteiger partial charge >= 0.3 is 0 Å². The fraction of sp³-hybridized carbons (Fsp3) is 0.0667. The predicted octanol–water partition coefficient (Wildman–Crippen LogP) is 3.00. The molecule has 19 heavy (non-hydrogen) atoms. The summed E-state index contributed by atoms with van der Waals surface area (Å²) >= 11 is 0. The molecule has 2 aromatic rings. The molecule has 0 spiro atoms. The number of hydrogen-bond donors (Lipinski definition) is 0. The third kappa shape index (κ3) is 2.90. The van der Waals surface area contributed by atoms with Gasteiger partial charge in [0.2, 0.25) is 0 Å². The summed E-state index contributed by atoms with van der Waals surface area (Å²) in [6.45, 7) is 0. The van der Waals surface area contributed by atoms with Crippen molar-refractivity contribution in [3.63, 3.8) is 0 Å². The third-order valence-corrected chi connectivity index (χ3v) is 2.54. The van der Waals surface area contributed by atoms with Crippen molar-refractivity contribution in [1.82, 2.24) is 0 Å². The normalized spacial score (nSPS) is 9.32. The smallest absolute Gasteiger partial charge is 0.284 e. The molecule has 94 valence electrons. The Bertz CT molecular complexity index is 668. The van der Waals surface area contributed by atoms with Crippen LogP contribution in [0, 0.1) is 22.0 Å². The Kier molecular flexibility index (Phi) is 3.79. The highest BCUT2D eigenvalue weighted by Gasteiger charge is 2.09. The third-order valence-electron chi connectivity index (χ3n) is 2.54. The highest BCUT2D eigenvalue weighted by molar-refractivity contribution is 5.55. The van der Waals surface area contributed by atoms with E-state index in [1.54, 1.807) is 37.4 Å². The van der Waals surface area contributed by atoms with Gasteiger partial charge in [-0.15, -0.1) is 0 Å². The number of para-hydroxylation sites is 2. The Labute approximate surface area is 110 Å². The van der Waals surface area contributed by atoms with Gasteiger partial charge in [-0.1, -0.05) is 36.1 Å². The van der Waals surface area contributed by atoms with Gasteiger partial charge in [0.15, 0.2) is 0 Å². The number of benzene rings is 2. The molecule has 0 aliphatic heterocycles. The van der Waals surface area contributed by atoms with Gasteiger partial charge in [-0.05, 0) is 18.2 Å². The lowest BCUT2D eigenvalue weighted by Crippen LogP contribution is -1.91. The lowest BCUT2D eigenvalue weighted by Gasteiger charge is -2.01. The van der Waals surface area contributed by atoms with Crippen LogP contribution in [0.1, 0.15) is 11.1 Å². The van der Waals surface area contributed by atoms with E-state index in [1.807, 2.05) is 12.1 Å². The summed E-state index contributed by atoms with van der Waals surface area (Å²) in [6.07, 6.45) is 0. The zero-order valence-electron chi connectivity index (χ0n) is 10.3. The molecule has 0 aromatic heterocycles. The molecule has 0 saturated heterocycles. The van der Waals surface area contributed by atoms with Gasteiger partial charge in [0, 0.05) is 6.07 Å². The molecule has 4 heteroatoms. The van der Waals surface area contributed by atoms with E-state index in [2.05, 4.69) is 11.8 Å². The number of rotatable bonds is 2. The minimum absolute atomic E-state index is 0.00454. The van der Waals surface area contributed by atoms with Crippen molar-refractivity contribution >= 4 is 5.69 Å². The molecular formula is C15H11NO3. The van der Waals surface area contributed by atoms with Crippen molar-refractivity contribution in [1.29, 1.82) is 0 Å². The number of nitro benzene ring substituents is 1. The van der Waals surface area contributed by atoms with Gasteiger partial charge in [0.1, 0.15) is 11.3 Å². The number of methoxy groups -OCH3 is 1. The van der Waals surface area contributed by atoms with Gasteiger partial charge in [-0.3, -0.25) is 10.1 Å². The van der Waals surface area contributed by atoms with Crippen LogP contribution in [0.15, 0.2) is 48.5 Å². The second-order valence-electron chi connectivity index (χ2n) is 3.72. The fourth-order valence-corrected chi connectivity index (χ4v) is 1.62. The molecular weight excluding hydrogens is 242 g/mol. The average Bonchev–Trinajstić information content (AvgIpc) is 2.45. The maximum Gasteiger partial charge on any atom is 0.284 e. The van der Waals surface area contributed by atoms with Crippen LogP contribution in [0.3, 0.4) is 0 Å². The summed E-state index contributed by atoms with van der Waals surface area (Å²) in [5.74, 6) is 6.36. The minimum atomic E-state index is -0.438. The SMILES string of the molecule is COc1ccccc1C#Cc1ccccc1[N+](=O)[O-]. The molecule has 0 unspecified atom stereocenters. The van der Waals surface area contributed by atoms with Crippen molar-refractivity contribution < 1.29 is 9.66 Å². The summed E-state index contributed by atoms with van der Waals surface area (Å²) in [4.78, 5) is 10.4.